The summed E-state index contributed by atoms with van der Waals surface area (Å²) in [6.45, 7) is 6.97. The maximum absolute atomic E-state index is 12.2. The average Bonchev–Trinajstić information content (AvgIpc) is 2.61. The van der Waals surface area contributed by atoms with E-state index in [-0.39, 0.29) is 5.91 Å². The van der Waals surface area contributed by atoms with Crippen molar-refractivity contribution in [2.75, 3.05) is 45.1 Å². The Morgan fingerprint density at radius 2 is 1.52 bits per heavy atom. The molecular weight excluding hydrogens is 314 g/mol. The van der Waals surface area contributed by atoms with Crippen molar-refractivity contribution >= 4 is 11.6 Å². The van der Waals surface area contributed by atoms with E-state index in [1.807, 2.05) is 55.5 Å². The Morgan fingerprint density at radius 3 is 2.12 bits per heavy atom. The molecule has 2 aromatic carbocycles. The predicted octanol–water partition coefficient (Wildman–Crippen LogP) is 0.139. The van der Waals surface area contributed by atoms with Crippen LogP contribution in [-0.2, 0) is 4.79 Å². The molecule has 0 unspecified atom stereocenters. The third kappa shape index (κ3) is 5.31. The second-order valence-corrected chi connectivity index (χ2v) is 6.87. The SMILES string of the molecule is Cc1ccc(Oc2ccc(NC(=O)C[NH+]3CC[NH+](C)CC3)cc2)cc1. The molecule has 0 saturated carbocycles. The first-order chi connectivity index (χ1) is 12.1. The summed E-state index contributed by atoms with van der Waals surface area (Å²) >= 11 is 0. The van der Waals surface area contributed by atoms with Gasteiger partial charge in [0.15, 0.2) is 6.54 Å². The van der Waals surface area contributed by atoms with E-state index in [0.717, 1.165) is 43.4 Å². The van der Waals surface area contributed by atoms with Crippen LogP contribution >= 0.6 is 0 Å². The Hall–Kier alpha value is -2.37. The van der Waals surface area contributed by atoms with Crippen molar-refractivity contribution in [3.8, 4) is 11.5 Å². The summed E-state index contributed by atoms with van der Waals surface area (Å²) in [5.41, 5.74) is 2.01. The number of amides is 1. The van der Waals surface area contributed by atoms with Gasteiger partial charge < -0.3 is 19.9 Å². The molecule has 0 spiro atoms. The molecule has 2 aromatic rings. The molecule has 0 bridgehead atoms. The minimum absolute atomic E-state index is 0.0711. The summed E-state index contributed by atoms with van der Waals surface area (Å²) in [7, 11) is 2.21. The van der Waals surface area contributed by atoms with Crippen molar-refractivity contribution in [2.45, 2.75) is 6.92 Å². The van der Waals surface area contributed by atoms with Gasteiger partial charge in [-0.1, -0.05) is 17.7 Å². The number of benzene rings is 2. The van der Waals surface area contributed by atoms with Gasteiger partial charge in [-0.15, -0.1) is 0 Å². The van der Waals surface area contributed by atoms with Crippen molar-refractivity contribution in [3.05, 3.63) is 54.1 Å². The molecule has 1 saturated heterocycles. The van der Waals surface area contributed by atoms with Crippen LogP contribution in [-0.4, -0.2) is 45.7 Å². The first-order valence-electron chi connectivity index (χ1n) is 8.88. The first kappa shape index (κ1) is 17.5. The summed E-state index contributed by atoms with van der Waals surface area (Å²) in [4.78, 5) is 15.1. The molecular formula is C20H27N3O2+2. The molecule has 5 heteroatoms. The number of likely N-dealkylation sites (N-methyl/N-ethyl adjacent to an activating group) is 1. The minimum Gasteiger partial charge on any atom is -0.457 e. The lowest BCUT2D eigenvalue weighted by Crippen LogP contribution is -3.27. The number of hydrogen-bond donors (Lipinski definition) is 3. The Bertz CT molecular complexity index is 690. The summed E-state index contributed by atoms with van der Waals surface area (Å²) < 4.78 is 5.81. The van der Waals surface area contributed by atoms with E-state index in [0.29, 0.717) is 6.54 Å². The van der Waals surface area contributed by atoms with Crippen LogP contribution in [0.1, 0.15) is 5.56 Å². The highest BCUT2D eigenvalue weighted by Gasteiger charge is 2.22. The minimum atomic E-state index is 0.0711. The second kappa shape index (κ2) is 8.14. The molecule has 1 amide bonds. The Labute approximate surface area is 149 Å². The van der Waals surface area contributed by atoms with Crippen LogP contribution in [0.15, 0.2) is 48.5 Å². The number of carbonyl (C=O) groups is 1. The van der Waals surface area contributed by atoms with Crippen molar-refractivity contribution in [3.63, 3.8) is 0 Å². The summed E-state index contributed by atoms with van der Waals surface area (Å²) in [5.74, 6) is 1.64. The molecule has 3 N–H and O–H groups in total. The number of piperazine rings is 1. The molecule has 0 aromatic heterocycles. The summed E-state index contributed by atoms with van der Waals surface area (Å²) in [6, 6.07) is 15.5. The highest BCUT2D eigenvalue weighted by molar-refractivity contribution is 5.91. The number of anilines is 1. The Balaban J connectivity index is 1.50. The fraction of sp³-hybridized carbons (Fsp3) is 0.350. The number of quaternary nitrogens is 2. The van der Waals surface area contributed by atoms with E-state index in [9.17, 15) is 4.79 Å². The predicted molar refractivity (Wildman–Crippen MR) is 98.5 cm³/mol. The number of hydrogen-bond acceptors (Lipinski definition) is 2. The molecule has 25 heavy (non-hydrogen) atoms. The maximum atomic E-state index is 12.2. The van der Waals surface area contributed by atoms with Gasteiger partial charge in [0.25, 0.3) is 5.91 Å². The smallest absolute Gasteiger partial charge is 0.279 e. The number of rotatable bonds is 5. The number of ether oxygens (including phenoxy) is 1. The quantitative estimate of drug-likeness (QED) is 0.725. The van der Waals surface area contributed by atoms with Gasteiger partial charge in [0.1, 0.15) is 37.7 Å². The molecule has 1 fully saturated rings. The normalized spacial score (nSPS) is 20.1. The molecule has 3 rings (SSSR count). The fourth-order valence-corrected chi connectivity index (χ4v) is 2.99. The zero-order valence-electron chi connectivity index (χ0n) is 15.0. The van der Waals surface area contributed by atoms with Crippen molar-refractivity contribution in [2.24, 2.45) is 0 Å². The van der Waals surface area contributed by atoms with Gasteiger partial charge in [0.05, 0.1) is 7.05 Å². The average molecular weight is 341 g/mol. The van der Waals surface area contributed by atoms with Gasteiger partial charge >= 0.3 is 0 Å². The van der Waals surface area contributed by atoms with E-state index in [1.54, 1.807) is 4.90 Å². The lowest BCUT2D eigenvalue weighted by Gasteiger charge is -2.26. The van der Waals surface area contributed by atoms with E-state index >= 15 is 0 Å². The molecule has 1 aliphatic rings. The molecule has 0 aliphatic carbocycles. The molecule has 1 heterocycles. The van der Waals surface area contributed by atoms with E-state index in [2.05, 4.69) is 12.4 Å². The number of aryl methyl sites for hydroxylation is 1. The first-order valence-corrected chi connectivity index (χ1v) is 8.88. The molecule has 5 nitrogen and oxygen atoms in total. The van der Waals surface area contributed by atoms with Crippen molar-refractivity contribution in [1.82, 2.24) is 0 Å². The number of carbonyl (C=O) groups excluding carboxylic acids is 1. The van der Waals surface area contributed by atoms with Crippen molar-refractivity contribution < 1.29 is 19.3 Å². The van der Waals surface area contributed by atoms with Crippen molar-refractivity contribution in [1.29, 1.82) is 0 Å². The van der Waals surface area contributed by atoms with Gasteiger partial charge in [-0.25, -0.2) is 0 Å². The molecule has 132 valence electrons. The van der Waals surface area contributed by atoms with Crippen LogP contribution in [0.5, 0.6) is 11.5 Å². The maximum Gasteiger partial charge on any atom is 0.279 e. The highest BCUT2D eigenvalue weighted by atomic mass is 16.5. The third-order valence-electron chi connectivity index (χ3n) is 4.62. The third-order valence-corrected chi connectivity index (χ3v) is 4.62. The van der Waals surface area contributed by atoms with Crippen LogP contribution < -0.4 is 19.9 Å². The largest absolute Gasteiger partial charge is 0.457 e. The van der Waals surface area contributed by atoms with Gasteiger partial charge in [-0.3, -0.25) is 4.79 Å². The van der Waals surface area contributed by atoms with E-state index in [4.69, 9.17) is 4.74 Å². The van der Waals surface area contributed by atoms with E-state index in [1.165, 1.54) is 10.5 Å². The van der Waals surface area contributed by atoms with Crippen LogP contribution in [0.3, 0.4) is 0 Å². The second-order valence-electron chi connectivity index (χ2n) is 6.87. The number of nitrogens with one attached hydrogen (secondary N) is 3. The van der Waals surface area contributed by atoms with Crippen LogP contribution in [0.25, 0.3) is 0 Å². The highest BCUT2D eigenvalue weighted by Crippen LogP contribution is 2.23. The van der Waals surface area contributed by atoms with Gasteiger partial charge in [-0.05, 0) is 43.3 Å². The monoisotopic (exact) mass is 341 g/mol. The lowest BCUT2D eigenvalue weighted by molar-refractivity contribution is -0.999. The molecule has 1 aliphatic heterocycles. The van der Waals surface area contributed by atoms with Crippen LogP contribution in [0.4, 0.5) is 5.69 Å². The zero-order valence-corrected chi connectivity index (χ0v) is 15.0. The Kier molecular flexibility index (Phi) is 5.68. The zero-order chi connectivity index (χ0) is 17.6. The fourth-order valence-electron chi connectivity index (χ4n) is 2.99. The van der Waals surface area contributed by atoms with E-state index < -0.39 is 0 Å². The van der Waals surface area contributed by atoms with Crippen LogP contribution in [0, 0.1) is 6.92 Å². The molecule has 0 atom stereocenters. The van der Waals surface area contributed by atoms with Crippen LogP contribution in [0.2, 0.25) is 0 Å². The lowest BCUT2D eigenvalue weighted by atomic mass is 10.2. The Morgan fingerprint density at radius 1 is 0.960 bits per heavy atom. The summed E-state index contributed by atoms with van der Waals surface area (Å²) in [5, 5.41) is 2.98. The van der Waals surface area contributed by atoms with Gasteiger partial charge in [0, 0.05) is 5.69 Å². The molecule has 0 radical (unpaired) electrons. The van der Waals surface area contributed by atoms with Gasteiger partial charge in [-0.2, -0.15) is 0 Å². The van der Waals surface area contributed by atoms with Gasteiger partial charge in [0.2, 0.25) is 0 Å². The summed E-state index contributed by atoms with van der Waals surface area (Å²) in [6.07, 6.45) is 0. The standard InChI is InChI=1S/C20H25N3O2/c1-16-3-7-18(8-4-16)25-19-9-5-17(6-10-19)21-20(24)15-23-13-11-22(2)12-14-23/h3-10H,11-15H2,1-2H3,(H,21,24)/p+2. The topological polar surface area (TPSA) is 47.2 Å².